The largest absolute Gasteiger partial charge is 0.494 e. The molecule has 1 aliphatic rings. The van der Waals surface area contributed by atoms with Crippen molar-refractivity contribution in [2.45, 2.75) is 33.4 Å². The molecule has 0 saturated carbocycles. The van der Waals surface area contributed by atoms with Crippen molar-refractivity contribution in [2.24, 2.45) is 0 Å². The average molecular weight is 404 g/mol. The maximum absolute atomic E-state index is 13.2. The number of aryl methyl sites for hydroxylation is 1. The van der Waals surface area contributed by atoms with Gasteiger partial charge in [0.15, 0.2) is 5.65 Å². The van der Waals surface area contributed by atoms with E-state index < -0.39 is 0 Å². The summed E-state index contributed by atoms with van der Waals surface area (Å²) in [6.07, 6.45) is 2.40. The summed E-state index contributed by atoms with van der Waals surface area (Å²) in [6, 6.07) is 11.9. The summed E-state index contributed by atoms with van der Waals surface area (Å²) in [5, 5.41) is 3.19. The van der Waals surface area contributed by atoms with Crippen LogP contribution in [0, 0.1) is 6.92 Å². The van der Waals surface area contributed by atoms with E-state index >= 15 is 0 Å². The third-order valence-electron chi connectivity index (χ3n) is 5.66. The van der Waals surface area contributed by atoms with Gasteiger partial charge in [0.1, 0.15) is 11.5 Å². The van der Waals surface area contributed by atoms with Crippen molar-refractivity contribution in [2.75, 3.05) is 13.2 Å². The number of aromatic amines is 1. The Labute approximate surface area is 173 Å². The first-order chi connectivity index (χ1) is 14.6. The third kappa shape index (κ3) is 3.21. The second-order valence-electron chi connectivity index (χ2n) is 7.60. The average Bonchev–Trinajstić information content (AvgIpc) is 3.36. The zero-order chi connectivity index (χ0) is 20.7. The van der Waals surface area contributed by atoms with Crippen LogP contribution in [0.3, 0.4) is 0 Å². The molecule has 0 atom stereocenters. The van der Waals surface area contributed by atoms with Crippen molar-refractivity contribution in [3.63, 3.8) is 0 Å². The molecule has 7 heteroatoms. The van der Waals surface area contributed by atoms with E-state index in [4.69, 9.17) is 14.1 Å². The standard InChI is InChI=1S/C23H24N4O3/c1-3-29-21-7-5-4-6-16(21)13-26-10-8-19-18(14-26)23(28)27-22(24-19)12-20(25-27)17-9-11-30-15(17)2/h4-7,9,11-12,25H,3,8,10,13-14H2,1-2H3. The number of rotatable bonds is 5. The predicted octanol–water partition coefficient (Wildman–Crippen LogP) is 3.55. The lowest BCUT2D eigenvalue weighted by Gasteiger charge is -2.28. The van der Waals surface area contributed by atoms with Crippen LogP contribution in [0.15, 0.2) is 51.9 Å². The van der Waals surface area contributed by atoms with Gasteiger partial charge in [-0.2, -0.15) is 0 Å². The van der Waals surface area contributed by atoms with E-state index in [1.165, 1.54) is 4.52 Å². The smallest absolute Gasteiger partial charge is 0.277 e. The minimum absolute atomic E-state index is 0.0369. The molecule has 0 saturated heterocycles. The van der Waals surface area contributed by atoms with Gasteiger partial charge in [0.25, 0.3) is 5.56 Å². The fourth-order valence-electron chi connectivity index (χ4n) is 4.15. The molecule has 1 N–H and O–H groups in total. The molecule has 4 heterocycles. The molecule has 5 rings (SSSR count). The monoisotopic (exact) mass is 404 g/mol. The number of nitrogens with zero attached hydrogens (tertiary/aromatic N) is 3. The topological polar surface area (TPSA) is 75.8 Å². The van der Waals surface area contributed by atoms with Gasteiger partial charge in [-0.25, -0.2) is 9.50 Å². The summed E-state index contributed by atoms with van der Waals surface area (Å²) in [7, 11) is 0. The third-order valence-corrected chi connectivity index (χ3v) is 5.66. The summed E-state index contributed by atoms with van der Waals surface area (Å²) >= 11 is 0. The molecule has 1 aromatic carbocycles. The maximum atomic E-state index is 13.2. The minimum Gasteiger partial charge on any atom is -0.494 e. The number of fused-ring (bicyclic) bond motifs is 2. The minimum atomic E-state index is -0.0369. The quantitative estimate of drug-likeness (QED) is 0.551. The number of benzene rings is 1. The van der Waals surface area contributed by atoms with Gasteiger partial charge in [0.2, 0.25) is 0 Å². The highest BCUT2D eigenvalue weighted by Gasteiger charge is 2.23. The van der Waals surface area contributed by atoms with Crippen LogP contribution in [0.1, 0.15) is 29.5 Å². The molecular formula is C23H24N4O3. The molecular weight excluding hydrogens is 380 g/mol. The molecule has 0 bridgehead atoms. The Kier molecular flexibility index (Phi) is 4.67. The fraction of sp³-hybridized carbons (Fsp3) is 0.304. The van der Waals surface area contributed by atoms with Crippen LogP contribution in [0.5, 0.6) is 5.75 Å². The lowest BCUT2D eigenvalue weighted by Crippen LogP contribution is -2.36. The first kappa shape index (κ1) is 18.7. The van der Waals surface area contributed by atoms with Crippen LogP contribution < -0.4 is 10.3 Å². The molecule has 0 aliphatic carbocycles. The molecule has 3 aromatic heterocycles. The van der Waals surface area contributed by atoms with Gasteiger partial charge >= 0.3 is 0 Å². The van der Waals surface area contributed by atoms with Crippen molar-refractivity contribution < 1.29 is 9.15 Å². The predicted molar refractivity (Wildman–Crippen MR) is 114 cm³/mol. The molecule has 0 radical (unpaired) electrons. The Morgan fingerprint density at radius 1 is 1.27 bits per heavy atom. The van der Waals surface area contributed by atoms with Crippen LogP contribution in [-0.2, 0) is 19.5 Å². The van der Waals surface area contributed by atoms with E-state index in [-0.39, 0.29) is 5.56 Å². The Morgan fingerprint density at radius 3 is 2.93 bits per heavy atom. The highest BCUT2D eigenvalue weighted by molar-refractivity contribution is 5.65. The van der Waals surface area contributed by atoms with Gasteiger partial charge in [-0.3, -0.25) is 14.8 Å². The highest BCUT2D eigenvalue weighted by Crippen LogP contribution is 2.25. The van der Waals surface area contributed by atoms with Crippen molar-refractivity contribution >= 4 is 5.65 Å². The van der Waals surface area contributed by atoms with Crippen LogP contribution in [0.2, 0.25) is 0 Å². The molecule has 0 fully saturated rings. The van der Waals surface area contributed by atoms with Crippen LogP contribution in [0.4, 0.5) is 0 Å². The molecule has 1 aliphatic heterocycles. The normalized spacial score (nSPS) is 14.2. The molecule has 7 nitrogen and oxygen atoms in total. The van der Waals surface area contributed by atoms with E-state index in [2.05, 4.69) is 16.1 Å². The van der Waals surface area contributed by atoms with Gasteiger partial charge in [-0.05, 0) is 26.0 Å². The SMILES string of the molecule is CCOc1ccccc1CN1CCc2nc3cc(-c4ccoc4C)[nH]n3c(=O)c2C1. The van der Waals surface area contributed by atoms with Crippen molar-refractivity contribution in [1.82, 2.24) is 19.5 Å². The number of aromatic nitrogens is 3. The molecule has 154 valence electrons. The molecule has 0 spiro atoms. The van der Waals surface area contributed by atoms with E-state index in [9.17, 15) is 4.79 Å². The van der Waals surface area contributed by atoms with Crippen LogP contribution >= 0.6 is 0 Å². The van der Waals surface area contributed by atoms with E-state index in [0.717, 1.165) is 59.1 Å². The zero-order valence-corrected chi connectivity index (χ0v) is 17.1. The van der Waals surface area contributed by atoms with Crippen LogP contribution in [-0.4, -0.2) is 32.6 Å². The second-order valence-corrected chi connectivity index (χ2v) is 7.60. The van der Waals surface area contributed by atoms with Gasteiger partial charge in [-0.1, -0.05) is 18.2 Å². The molecule has 0 unspecified atom stereocenters. The lowest BCUT2D eigenvalue weighted by molar-refractivity contribution is 0.235. The first-order valence-corrected chi connectivity index (χ1v) is 10.2. The number of hydrogen-bond acceptors (Lipinski definition) is 5. The number of nitrogens with one attached hydrogen (secondary N) is 1. The summed E-state index contributed by atoms with van der Waals surface area (Å²) in [5.74, 6) is 1.71. The molecule has 0 amide bonds. The Morgan fingerprint density at radius 2 is 2.13 bits per heavy atom. The zero-order valence-electron chi connectivity index (χ0n) is 17.1. The van der Waals surface area contributed by atoms with Gasteiger partial charge in [0, 0.05) is 43.2 Å². The van der Waals surface area contributed by atoms with E-state index in [1.807, 2.05) is 44.2 Å². The summed E-state index contributed by atoms with van der Waals surface area (Å²) in [6.45, 7) is 6.69. The van der Waals surface area contributed by atoms with Crippen molar-refractivity contribution in [3.05, 3.63) is 75.6 Å². The number of para-hydroxylation sites is 1. The summed E-state index contributed by atoms with van der Waals surface area (Å²) in [4.78, 5) is 20.3. The first-order valence-electron chi connectivity index (χ1n) is 10.2. The number of furan rings is 1. The van der Waals surface area contributed by atoms with Crippen molar-refractivity contribution in [1.29, 1.82) is 0 Å². The highest BCUT2D eigenvalue weighted by atomic mass is 16.5. The van der Waals surface area contributed by atoms with Gasteiger partial charge < -0.3 is 9.15 Å². The Bertz CT molecular complexity index is 1270. The lowest BCUT2D eigenvalue weighted by atomic mass is 10.1. The van der Waals surface area contributed by atoms with Crippen LogP contribution in [0.25, 0.3) is 16.9 Å². The van der Waals surface area contributed by atoms with Gasteiger partial charge in [0.05, 0.1) is 29.8 Å². The van der Waals surface area contributed by atoms with Gasteiger partial charge in [-0.15, -0.1) is 0 Å². The van der Waals surface area contributed by atoms with Crippen molar-refractivity contribution in [3.8, 4) is 17.0 Å². The maximum Gasteiger partial charge on any atom is 0.277 e. The number of ether oxygens (including phenoxy) is 1. The Balaban J connectivity index is 1.46. The Hall–Kier alpha value is -3.32. The number of H-pyrrole nitrogens is 1. The second kappa shape index (κ2) is 7.50. The summed E-state index contributed by atoms with van der Waals surface area (Å²) in [5.41, 5.74) is 5.15. The van der Waals surface area contributed by atoms with E-state index in [0.29, 0.717) is 18.8 Å². The number of hydrogen-bond donors (Lipinski definition) is 1. The van der Waals surface area contributed by atoms with E-state index in [1.54, 1.807) is 6.26 Å². The fourth-order valence-corrected chi connectivity index (χ4v) is 4.15. The summed E-state index contributed by atoms with van der Waals surface area (Å²) < 4.78 is 12.7. The molecule has 4 aromatic rings. The molecule has 30 heavy (non-hydrogen) atoms.